The third kappa shape index (κ3) is 1.67. The standard InChI is InChI=1S/C21H27NO2/c1-12-16-5-6-17-15-4-3-13-9-14(23)7-8-20(13,2)19(15)18(24)10-21(16,17)11-22-12/h7-9,11-12,15-19,24H,3-6,10H2,1-2H3/t12-,15-,16+,17+,18+,19+,20-,21-/m0/s1. The first kappa shape index (κ1) is 15.1. The molecule has 0 radical (unpaired) electrons. The molecule has 1 spiro atoms. The summed E-state index contributed by atoms with van der Waals surface area (Å²) in [7, 11) is 0. The quantitative estimate of drug-likeness (QED) is 0.742. The van der Waals surface area contributed by atoms with Crippen molar-refractivity contribution in [2.75, 3.05) is 0 Å². The molecule has 0 unspecified atom stereocenters. The van der Waals surface area contributed by atoms with Gasteiger partial charge in [0.25, 0.3) is 0 Å². The van der Waals surface area contributed by atoms with E-state index < -0.39 is 0 Å². The summed E-state index contributed by atoms with van der Waals surface area (Å²) in [6.45, 7) is 4.49. The maximum Gasteiger partial charge on any atom is 0.178 e. The molecule has 0 aromatic heterocycles. The highest BCUT2D eigenvalue weighted by molar-refractivity contribution is 6.01. The summed E-state index contributed by atoms with van der Waals surface area (Å²) >= 11 is 0. The topological polar surface area (TPSA) is 49.7 Å². The number of carbonyl (C=O) groups is 1. The van der Waals surface area contributed by atoms with E-state index in [4.69, 9.17) is 4.99 Å². The summed E-state index contributed by atoms with van der Waals surface area (Å²) in [6.07, 6.45) is 13.1. The van der Waals surface area contributed by atoms with Gasteiger partial charge in [-0.05, 0) is 68.9 Å². The van der Waals surface area contributed by atoms with E-state index in [1.54, 1.807) is 6.08 Å². The second-order valence-electron chi connectivity index (χ2n) is 9.11. The molecule has 0 saturated heterocycles. The Balaban J connectivity index is 1.57. The van der Waals surface area contributed by atoms with Crippen molar-refractivity contribution in [3.05, 3.63) is 23.8 Å². The van der Waals surface area contributed by atoms with Crippen LogP contribution in [0.3, 0.4) is 0 Å². The average Bonchev–Trinajstić information content (AvgIpc) is 3.05. The largest absolute Gasteiger partial charge is 0.393 e. The van der Waals surface area contributed by atoms with Gasteiger partial charge in [0.1, 0.15) is 0 Å². The molecule has 5 rings (SSSR count). The van der Waals surface area contributed by atoms with Crippen molar-refractivity contribution in [2.24, 2.45) is 39.5 Å². The lowest BCUT2D eigenvalue weighted by atomic mass is 9.47. The summed E-state index contributed by atoms with van der Waals surface area (Å²) in [5.74, 6) is 2.21. The highest BCUT2D eigenvalue weighted by Crippen LogP contribution is 2.67. The summed E-state index contributed by atoms with van der Waals surface area (Å²) < 4.78 is 0. The Morgan fingerprint density at radius 1 is 1.25 bits per heavy atom. The summed E-state index contributed by atoms with van der Waals surface area (Å²) in [4.78, 5) is 16.6. The number of aliphatic hydroxyl groups excluding tert-OH is 1. The van der Waals surface area contributed by atoms with E-state index in [9.17, 15) is 9.90 Å². The number of carbonyl (C=O) groups excluding carboxylic acids is 1. The summed E-state index contributed by atoms with van der Waals surface area (Å²) in [6, 6.07) is 0.417. The van der Waals surface area contributed by atoms with E-state index in [0.717, 1.165) is 19.3 Å². The molecule has 24 heavy (non-hydrogen) atoms. The third-order valence-electron chi connectivity index (χ3n) is 8.30. The minimum Gasteiger partial charge on any atom is -0.393 e. The number of rotatable bonds is 0. The van der Waals surface area contributed by atoms with Crippen LogP contribution in [0.4, 0.5) is 0 Å². The van der Waals surface area contributed by atoms with Gasteiger partial charge in [0, 0.05) is 23.0 Å². The van der Waals surface area contributed by atoms with Crippen LogP contribution in [-0.2, 0) is 4.79 Å². The molecule has 0 aromatic carbocycles. The zero-order chi connectivity index (χ0) is 16.7. The molecule has 128 valence electrons. The summed E-state index contributed by atoms with van der Waals surface area (Å²) in [5.41, 5.74) is 1.25. The van der Waals surface area contributed by atoms with E-state index in [0.29, 0.717) is 23.8 Å². The Hall–Kier alpha value is -1.22. The number of aliphatic imine (C=N–C) groups is 1. The van der Waals surface area contributed by atoms with Crippen molar-refractivity contribution in [1.82, 2.24) is 0 Å². The van der Waals surface area contributed by atoms with Crippen molar-refractivity contribution in [2.45, 2.75) is 58.1 Å². The first-order valence-corrected chi connectivity index (χ1v) is 9.62. The van der Waals surface area contributed by atoms with Crippen LogP contribution in [0.5, 0.6) is 0 Å². The van der Waals surface area contributed by atoms with Crippen molar-refractivity contribution < 1.29 is 9.90 Å². The zero-order valence-electron chi connectivity index (χ0n) is 14.6. The van der Waals surface area contributed by atoms with Crippen molar-refractivity contribution in [3.63, 3.8) is 0 Å². The highest BCUT2D eigenvalue weighted by Gasteiger charge is 2.64. The Kier molecular flexibility index (Phi) is 2.94. The van der Waals surface area contributed by atoms with Gasteiger partial charge in [0.2, 0.25) is 0 Å². The van der Waals surface area contributed by atoms with Crippen LogP contribution in [0.1, 0.15) is 46.0 Å². The molecule has 1 heterocycles. The molecule has 4 aliphatic carbocycles. The molecule has 3 fully saturated rings. The lowest BCUT2D eigenvalue weighted by Gasteiger charge is -2.58. The lowest BCUT2D eigenvalue weighted by Crippen LogP contribution is -2.56. The third-order valence-corrected chi connectivity index (χ3v) is 8.30. The molecule has 0 bridgehead atoms. The molecule has 3 heteroatoms. The molecule has 0 aromatic rings. The number of fused-ring (bicyclic) bond motifs is 4. The molecule has 1 aliphatic heterocycles. The predicted molar refractivity (Wildman–Crippen MR) is 93.8 cm³/mol. The van der Waals surface area contributed by atoms with E-state index in [-0.39, 0.29) is 28.6 Å². The molecule has 0 amide bonds. The average molecular weight is 325 g/mol. The van der Waals surface area contributed by atoms with Crippen molar-refractivity contribution >= 4 is 12.0 Å². The van der Waals surface area contributed by atoms with Gasteiger partial charge in [-0.15, -0.1) is 0 Å². The first-order chi connectivity index (χ1) is 11.5. The molecular formula is C21H27NO2. The minimum absolute atomic E-state index is 0.111. The van der Waals surface area contributed by atoms with Gasteiger partial charge >= 0.3 is 0 Å². The molecule has 3 nitrogen and oxygen atoms in total. The summed E-state index contributed by atoms with van der Waals surface area (Å²) in [5, 5.41) is 11.2. The maximum absolute atomic E-state index is 11.8. The van der Waals surface area contributed by atoms with Gasteiger partial charge < -0.3 is 5.11 Å². The Labute approximate surface area is 143 Å². The smallest absolute Gasteiger partial charge is 0.178 e. The van der Waals surface area contributed by atoms with E-state index in [2.05, 4.69) is 26.1 Å². The van der Waals surface area contributed by atoms with Crippen LogP contribution in [0, 0.1) is 34.5 Å². The fourth-order valence-corrected chi connectivity index (χ4v) is 7.36. The van der Waals surface area contributed by atoms with E-state index in [1.165, 1.54) is 18.4 Å². The van der Waals surface area contributed by atoms with Crippen molar-refractivity contribution in [3.8, 4) is 0 Å². The second kappa shape index (κ2) is 4.69. The predicted octanol–water partition coefficient (Wildman–Crippen LogP) is 3.33. The van der Waals surface area contributed by atoms with Crippen LogP contribution >= 0.6 is 0 Å². The van der Waals surface area contributed by atoms with E-state index in [1.807, 2.05) is 6.08 Å². The van der Waals surface area contributed by atoms with Crippen LogP contribution in [-0.4, -0.2) is 29.3 Å². The molecule has 1 N–H and O–H groups in total. The highest BCUT2D eigenvalue weighted by atomic mass is 16.3. The molecule has 8 atom stereocenters. The maximum atomic E-state index is 11.8. The molecule has 3 saturated carbocycles. The Morgan fingerprint density at radius 3 is 2.88 bits per heavy atom. The van der Waals surface area contributed by atoms with E-state index >= 15 is 0 Å². The van der Waals surface area contributed by atoms with Gasteiger partial charge in [-0.3, -0.25) is 9.79 Å². The van der Waals surface area contributed by atoms with Crippen LogP contribution in [0.25, 0.3) is 0 Å². The zero-order valence-corrected chi connectivity index (χ0v) is 14.6. The van der Waals surface area contributed by atoms with Gasteiger partial charge in [0.05, 0.1) is 12.1 Å². The second-order valence-corrected chi connectivity index (χ2v) is 9.11. The van der Waals surface area contributed by atoms with Crippen LogP contribution in [0.15, 0.2) is 28.8 Å². The number of allylic oxidation sites excluding steroid dienone is 4. The fraction of sp³-hybridized carbons (Fsp3) is 0.714. The Morgan fingerprint density at radius 2 is 2.04 bits per heavy atom. The normalized spacial score (nSPS) is 54.8. The Bertz CT molecular complexity index is 692. The van der Waals surface area contributed by atoms with Gasteiger partial charge in [-0.2, -0.15) is 0 Å². The molecule has 5 aliphatic rings. The van der Waals surface area contributed by atoms with Gasteiger partial charge in [-0.1, -0.05) is 18.6 Å². The number of nitrogens with zero attached hydrogens (tertiary/aromatic N) is 1. The van der Waals surface area contributed by atoms with Gasteiger partial charge in [-0.25, -0.2) is 0 Å². The number of hydrogen-bond acceptors (Lipinski definition) is 3. The number of ketones is 1. The number of aliphatic hydroxyl groups is 1. The van der Waals surface area contributed by atoms with Gasteiger partial charge in [0.15, 0.2) is 5.78 Å². The van der Waals surface area contributed by atoms with Crippen LogP contribution in [0.2, 0.25) is 0 Å². The first-order valence-electron chi connectivity index (χ1n) is 9.62. The lowest BCUT2D eigenvalue weighted by molar-refractivity contribution is -0.112. The molecular weight excluding hydrogens is 298 g/mol. The number of hydrogen-bond donors (Lipinski definition) is 1. The van der Waals surface area contributed by atoms with Crippen molar-refractivity contribution in [1.29, 1.82) is 0 Å². The SMILES string of the molecule is C[C@@H]1N=C[C@]23C[C@@H](O)[C@H]4[C@@H](CCC5=CC(=O)C=C[C@@]54C)[C@H]2CC[C@H]13. The minimum atomic E-state index is -0.296. The van der Waals surface area contributed by atoms with Crippen LogP contribution < -0.4 is 0 Å². The fourth-order valence-electron chi connectivity index (χ4n) is 7.36. The monoisotopic (exact) mass is 325 g/mol.